The summed E-state index contributed by atoms with van der Waals surface area (Å²) >= 11 is 0. The van der Waals surface area contributed by atoms with E-state index in [1.807, 2.05) is 0 Å². The number of hydrogen-bond donors (Lipinski definition) is 2. The summed E-state index contributed by atoms with van der Waals surface area (Å²) in [6.45, 7) is 3.76. The van der Waals surface area contributed by atoms with E-state index in [0.717, 1.165) is 0 Å². The van der Waals surface area contributed by atoms with E-state index in [9.17, 15) is 0 Å². The first-order valence-electron chi connectivity index (χ1n) is 2.95. The van der Waals surface area contributed by atoms with E-state index in [1.165, 1.54) is 0 Å². The van der Waals surface area contributed by atoms with Gasteiger partial charge >= 0.3 is 18.6 Å². The third-order valence-electron chi connectivity index (χ3n) is 0.701. The molecule has 0 aliphatic heterocycles. The van der Waals surface area contributed by atoms with E-state index in [1.54, 1.807) is 24.3 Å². The van der Waals surface area contributed by atoms with Gasteiger partial charge in [-0.2, -0.15) is 18.2 Å². The van der Waals surface area contributed by atoms with Crippen molar-refractivity contribution >= 4 is 0 Å². The van der Waals surface area contributed by atoms with Crippen LogP contribution in [0.4, 0.5) is 0 Å². The number of phenolic OH excluding ortho intramolecular Hbond substituents is 1. The molecule has 0 amide bonds. The molecule has 3 heteroatoms. The van der Waals surface area contributed by atoms with Crippen molar-refractivity contribution in [2.45, 2.75) is 0 Å². The molecule has 3 N–H and O–H groups in total. The van der Waals surface area contributed by atoms with Crippen LogP contribution in [0, 0.1) is 13.0 Å². The fraction of sp³-hybridized carbons (Fsp3) is 0.125. The largest absolute Gasteiger partial charge is 2.00 e. The van der Waals surface area contributed by atoms with Crippen LogP contribution in [0.5, 0.6) is 5.75 Å². The summed E-state index contributed by atoms with van der Waals surface area (Å²) < 4.78 is 0. The predicted octanol–water partition coefficient (Wildman–Crippen LogP) is 0.969. The molecule has 2 nitrogen and oxygen atoms in total. The SMILES string of the molecule is Oc1cc[c-]cc1.[CH2-]CN.[V+2]. The second-order valence-electron chi connectivity index (χ2n) is 1.55. The third-order valence-corrected chi connectivity index (χ3v) is 0.701. The molecule has 0 aromatic heterocycles. The minimum Gasteiger partial charge on any atom is -0.533 e. The van der Waals surface area contributed by atoms with Gasteiger partial charge in [-0.3, -0.25) is 0 Å². The number of hydrogen-bond acceptors (Lipinski definition) is 2. The predicted molar refractivity (Wildman–Crippen MR) is 41.4 cm³/mol. The molecule has 0 fully saturated rings. The quantitative estimate of drug-likeness (QED) is 0.596. The fourth-order valence-electron chi connectivity index (χ4n) is 0.378. The second-order valence-corrected chi connectivity index (χ2v) is 1.55. The standard InChI is InChI=1S/C6H5O.C2H6N.V/c7-6-4-2-1-3-5-6;1-2-3;/h2-5,7H;1-3H2;/q2*-1;+2. The van der Waals surface area contributed by atoms with E-state index in [-0.39, 0.29) is 18.6 Å². The van der Waals surface area contributed by atoms with Gasteiger partial charge in [0.1, 0.15) is 0 Å². The van der Waals surface area contributed by atoms with Crippen molar-refractivity contribution < 1.29 is 23.7 Å². The third kappa shape index (κ3) is 9.56. The summed E-state index contributed by atoms with van der Waals surface area (Å²) in [5.41, 5.74) is 4.74. The van der Waals surface area contributed by atoms with Crippen LogP contribution < -0.4 is 5.73 Å². The Labute approximate surface area is 79.3 Å². The minimum atomic E-state index is 0. The summed E-state index contributed by atoms with van der Waals surface area (Å²) in [5, 5.41) is 8.61. The first kappa shape index (κ1) is 13.2. The van der Waals surface area contributed by atoms with Crippen molar-refractivity contribution in [2.24, 2.45) is 5.73 Å². The molecule has 0 aliphatic rings. The molecule has 0 spiro atoms. The molecule has 0 saturated carbocycles. The molecule has 0 aliphatic carbocycles. The van der Waals surface area contributed by atoms with Gasteiger partial charge in [0.05, 0.1) is 0 Å². The molecular weight excluding hydrogens is 177 g/mol. The summed E-state index contributed by atoms with van der Waals surface area (Å²) in [6.07, 6.45) is 0. The average molecular weight is 188 g/mol. The minimum absolute atomic E-state index is 0. The van der Waals surface area contributed by atoms with Crippen LogP contribution in [0.2, 0.25) is 0 Å². The van der Waals surface area contributed by atoms with Crippen molar-refractivity contribution in [1.82, 2.24) is 0 Å². The topological polar surface area (TPSA) is 46.2 Å². The number of phenols is 1. The van der Waals surface area contributed by atoms with Gasteiger partial charge in [0.15, 0.2) is 0 Å². The summed E-state index contributed by atoms with van der Waals surface area (Å²) in [4.78, 5) is 0. The van der Waals surface area contributed by atoms with Gasteiger partial charge in [0.25, 0.3) is 0 Å². The van der Waals surface area contributed by atoms with Gasteiger partial charge in [0, 0.05) is 5.75 Å². The molecule has 1 rings (SSSR count). The van der Waals surface area contributed by atoms with Gasteiger partial charge in [-0.15, -0.1) is 18.7 Å². The van der Waals surface area contributed by atoms with Gasteiger partial charge in [0.2, 0.25) is 0 Å². The average Bonchev–Trinajstić information content (AvgIpc) is 1.91. The van der Waals surface area contributed by atoms with Crippen LogP contribution in [-0.4, -0.2) is 11.7 Å². The van der Waals surface area contributed by atoms with Crippen molar-refractivity contribution in [3.63, 3.8) is 0 Å². The Morgan fingerprint density at radius 3 is 2.00 bits per heavy atom. The van der Waals surface area contributed by atoms with Crippen molar-refractivity contribution in [2.75, 3.05) is 6.54 Å². The molecule has 11 heavy (non-hydrogen) atoms. The Morgan fingerprint density at radius 1 is 1.45 bits per heavy atom. The molecule has 0 saturated heterocycles. The molecule has 1 aromatic rings. The van der Waals surface area contributed by atoms with Crippen molar-refractivity contribution in [3.05, 3.63) is 37.3 Å². The van der Waals surface area contributed by atoms with Crippen LogP contribution in [0.25, 0.3) is 0 Å². The van der Waals surface area contributed by atoms with Crippen LogP contribution >= 0.6 is 0 Å². The van der Waals surface area contributed by atoms with Gasteiger partial charge < -0.3 is 17.8 Å². The number of rotatable bonds is 0. The van der Waals surface area contributed by atoms with Gasteiger partial charge in [-0.05, 0) is 0 Å². The normalized spacial score (nSPS) is 7.09. The molecule has 59 valence electrons. The Balaban J connectivity index is 0. The first-order chi connectivity index (χ1) is 4.81. The van der Waals surface area contributed by atoms with Crippen molar-refractivity contribution in [1.29, 1.82) is 0 Å². The van der Waals surface area contributed by atoms with Crippen LogP contribution in [0.1, 0.15) is 0 Å². The summed E-state index contributed by atoms with van der Waals surface area (Å²) in [5.74, 6) is 0.291. The number of aromatic hydroxyl groups is 1. The zero-order valence-electron chi connectivity index (χ0n) is 6.20. The molecule has 0 unspecified atom stereocenters. The second kappa shape index (κ2) is 9.56. The molecule has 0 heterocycles. The Morgan fingerprint density at radius 2 is 1.82 bits per heavy atom. The Hall–Kier alpha value is -0.436. The number of benzene rings is 1. The zero-order chi connectivity index (χ0) is 7.82. The fourth-order valence-corrected chi connectivity index (χ4v) is 0.378. The van der Waals surface area contributed by atoms with Crippen LogP contribution in [-0.2, 0) is 18.6 Å². The van der Waals surface area contributed by atoms with E-state index < -0.39 is 0 Å². The maximum atomic E-state index is 8.61. The molecule has 0 bridgehead atoms. The zero-order valence-corrected chi connectivity index (χ0v) is 7.59. The van der Waals surface area contributed by atoms with E-state index in [2.05, 4.69) is 13.0 Å². The molecular formula is C8H11NOV. The van der Waals surface area contributed by atoms with Gasteiger partial charge in [-0.25, -0.2) is 0 Å². The van der Waals surface area contributed by atoms with Gasteiger partial charge in [-0.1, -0.05) is 0 Å². The summed E-state index contributed by atoms with van der Waals surface area (Å²) in [6, 6.07) is 9.26. The van der Waals surface area contributed by atoms with E-state index >= 15 is 0 Å². The van der Waals surface area contributed by atoms with Crippen molar-refractivity contribution in [3.8, 4) is 5.75 Å². The maximum absolute atomic E-state index is 8.61. The van der Waals surface area contributed by atoms with E-state index in [0.29, 0.717) is 12.3 Å². The molecule has 1 aromatic carbocycles. The molecule has 0 atom stereocenters. The van der Waals surface area contributed by atoms with Crippen LogP contribution in [0.15, 0.2) is 24.3 Å². The Kier molecular flexibility index (Phi) is 11.5. The number of nitrogens with two attached hydrogens (primary N) is 1. The summed E-state index contributed by atoms with van der Waals surface area (Å²) in [7, 11) is 0. The monoisotopic (exact) mass is 188 g/mol. The molecule has 1 radical (unpaired) electrons. The Bertz CT molecular complexity index is 155. The first-order valence-corrected chi connectivity index (χ1v) is 2.95. The van der Waals surface area contributed by atoms with E-state index in [4.69, 9.17) is 10.8 Å². The van der Waals surface area contributed by atoms with Crippen LogP contribution in [0.3, 0.4) is 0 Å². The smallest absolute Gasteiger partial charge is 0.533 e. The maximum Gasteiger partial charge on any atom is 2.00 e.